The van der Waals surface area contributed by atoms with Gasteiger partial charge in [0.1, 0.15) is 5.76 Å². The van der Waals surface area contributed by atoms with Gasteiger partial charge in [0, 0.05) is 6.42 Å². The first kappa shape index (κ1) is 32.5. The van der Waals surface area contributed by atoms with Gasteiger partial charge in [-0.3, -0.25) is 0 Å². The van der Waals surface area contributed by atoms with Gasteiger partial charge in [0.2, 0.25) is 0 Å². The molecule has 0 aromatic rings. The third-order valence-electron chi connectivity index (χ3n) is 3.44. The van der Waals surface area contributed by atoms with Crippen molar-refractivity contribution in [3.8, 4) is 0 Å². The number of hydrogen-bond acceptors (Lipinski definition) is 10. The summed E-state index contributed by atoms with van der Waals surface area (Å²) in [6.07, 6.45) is 12.8. The quantitative estimate of drug-likeness (QED) is 0.0669. The van der Waals surface area contributed by atoms with E-state index in [1.165, 1.54) is 58.5 Å². The van der Waals surface area contributed by atoms with E-state index in [-0.39, 0.29) is 12.4 Å². The van der Waals surface area contributed by atoms with E-state index in [9.17, 15) is 0 Å². The molecule has 3 N–H and O–H groups in total. The Kier molecular flexibility index (Phi) is 26.8. The Morgan fingerprint density at radius 1 is 0.742 bits per heavy atom. The first-order valence-corrected chi connectivity index (χ1v) is 11.6. The molecule has 0 saturated carbocycles. The van der Waals surface area contributed by atoms with Crippen molar-refractivity contribution in [2.75, 3.05) is 20.3 Å². The molecule has 0 heterocycles. The molecule has 0 aliphatic carbocycles. The van der Waals surface area contributed by atoms with E-state index in [0.717, 1.165) is 12.8 Å². The van der Waals surface area contributed by atoms with Crippen LogP contribution in [0.1, 0.15) is 77.6 Å². The lowest BCUT2D eigenvalue weighted by Crippen LogP contribution is -2.04. The van der Waals surface area contributed by atoms with Crippen molar-refractivity contribution < 1.29 is 64.0 Å². The molecule has 0 aromatic heterocycles. The highest BCUT2D eigenvalue weighted by Crippen LogP contribution is 2.25. The number of hydrogen-bond donors (Lipinski definition) is 3. The lowest BCUT2D eigenvalue weighted by Gasteiger charge is -2.04. The van der Waals surface area contributed by atoms with E-state index in [2.05, 4.69) is 53.4 Å². The predicted octanol–water partition coefficient (Wildman–Crippen LogP) is 4.07. The van der Waals surface area contributed by atoms with Crippen LogP contribution in [-0.4, -0.2) is 35.0 Å². The summed E-state index contributed by atoms with van der Waals surface area (Å²) >= 11 is 0. The molecule has 0 aliphatic heterocycles. The van der Waals surface area contributed by atoms with Crippen molar-refractivity contribution in [2.45, 2.75) is 77.6 Å². The molecule has 31 heavy (non-hydrogen) atoms. The van der Waals surface area contributed by atoms with E-state index < -0.39 is 7.82 Å². The summed E-state index contributed by atoms with van der Waals surface area (Å²) in [6.45, 7) is 6.27. The Labute approximate surface area is 182 Å². The molecule has 0 rings (SSSR count). The standard InChI is InChI=1S/C17H34O9.H3O4P/c1-4-5-6-7-8-9-10-11-12-13-15-19-23-25-26-24-20-16-14-17(2)21-22-18-3;1-5(2,3)4/h2,4-16H2,1,3H3;(H3,1,2,3,4). The zero-order chi connectivity index (χ0) is 23.6. The predicted molar refractivity (Wildman–Crippen MR) is 105 cm³/mol. The van der Waals surface area contributed by atoms with Gasteiger partial charge in [-0.2, -0.15) is 4.89 Å². The summed E-state index contributed by atoms with van der Waals surface area (Å²) < 4.78 is 8.88. The van der Waals surface area contributed by atoms with Gasteiger partial charge < -0.3 is 19.6 Å². The minimum absolute atomic E-state index is 0.0920. The van der Waals surface area contributed by atoms with E-state index in [1.807, 2.05) is 0 Å². The van der Waals surface area contributed by atoms with Crippen LogP contribution in [0.15, 0.2) is 12.3 Å². The number of phosphoric acid groups is 1. The smallest absolute Gasteiger partial charge is 0.313 e. The first-order chi connectivity index (χ1) is 14.8. The molecule has 0 unspecified atom stereocenters. The molecule has 188 valence electrons. The summed E-state index contributed by atoms with van der Waals surface area (Å²) in [5.41, 5.74) is 0. The van der Waals surface area contributed by atoms with Crippen LogP contribution in [0.2, 0.25) is 0 Å². The fraction of sp³-hybridized carbons (Fsp3) is 0.882. The van der Waals surface area contributed by atoms with Crippen LogP contribution in [0.3, 0.4) is 0 Å². The molecule has 0 aliphatic rings. The average molecular weight is 480 g/mol. The molecule has 0 saturated heterocycles. The van der Waals surface area contributed by atoms with E-state index in [0.29, 0.717) is 13.0 Å². The topological polar surface area (TPSA) is 161 Å². The molecular formula is C17H37O13P. The summed E-state index contributed by atoms with van der Waals surface area (Å²) in [5, 5.41) is 20.9. The second-order valence-corrected chi connectivity index (χ2v) is 7.24. The van der Waals surface area contributed by atoms with Crippen LogP contribution < -0.4 is 0 Å². The highest BCUT2D eigenvalue weighted by Gasteiger charge is 2.00. The molecule has 0 aromatic carbocycles. The van der Waals surface area contributed by atoms with Crippen LogP contribution in [0.5, 0.6) is 0 Å². The van der Waals surface area contributed by atoms with Crippen molar-refractivity contribution in [3.63, 3.8) is 0 Å². The summed E-state index contributed by atoms with van der Waals surface area (Å²) in [6, 6.07) is 0. The molecule has 0 atom stereocenters. The molecule has 14 heteroatoms. The SMILES string of the molecule is C=C(CCOOOOOOCCCCCCCCCCCC)OOOC.O=P(O)(O)O. The van der Waals surface area contributed by atoms with Crippen molar-refractivity contribution in [1.29, 1.82) is 0 Å². The van der Waals surface area contributed by atoms with Crippen LogP contribution >= 0.6 is 7.82 Å². The average Bonchev–Trinajstić information content (AvgIpc) is 2.70. The number of unbranched alkanes of at least 4 members (excludes halogenated alkanes) is 9. The van der Waals surface area contributed by atoms with Gasteiger partial charge in [-0.15, -0.1) is 0 Å². The first-order valence-electron chi connectivity index (χ1n) is 10.1. The molecule has 0 spiro atoms. The monoisotopic (exact) mass is 480 g/mol. The highest BCUT2D eigenvalue weighted by molar-refractivity contribution is 7.45. The van der Waals surface area contributed by atoms with E-state index in [4.69, 9.17) is 24.1 Å². The molecule has 0 bridgehead atoms. The van der Waals surface area contributed by atoms with Gasteiger partial charge in [0.05, 0.1) is 20.3 Å². The van der Waals surface area contributed by atoms with Crippen LogP contribution in [-0.2, 0) is 49.3 Å². The van der Waals surface area contributed by atoms with Crippen molar-refractivity contribution in [1.82, 2.24) is 0 Å². The maximum absolute atomic E-state index is 8.88. The zero-order valence-corrected chi connectivity index (χ0v) is 19.2. The second-order valence-electron chi connectivity index (χ2n) is 6.22. The minimum Gasteiger partial charge on any atom is -0.313 e. The lowest BCUT2D eigenvalue weighted by molar-refractivity contribution is -0.756. The Balaban J connectivity index is 0. The Morgan fingerprint density at radius 2 is 1.19 bits per heavy atom. The molecule has 0 radical (unpaired) electrons. The van der Waals surface area contributed by atoms with E-state index in [1.54, 1.807) is 0 Å². The van der Waals surface area contributed by atoms with Crippen LogP contribution in [0.25, 0.3) is 0 Å². The molecule has 13 nitrogen and oxygen atoms in total. The highest BCUT2D eigenvalue weighted by atomic mass is 31.2. The van der Waals surface area contributed by atoms with Gasteiger partial charge in [-0.25, -0.2) is 14.3 Å². The van der Waals surface area contributed by atoms with Crippen molar-refractivity contribution in [2.24, 2.45) is 0 Å². The fourth-order valence-electron chi connectivity index (χ4n) is 2.06. The molecular weight excluding hydrogens is 443 g/mol. The Bertz CT molecular complexity index is 411. The van der Waals surface area contributed by atoms with Gasteiger partial charge >= 0.3 is 7.82 Å². The summed E-state index contributed by atoms with van der Waals surface area (Å²) in [4.78, 5) is 39.7. The summed E-state index contributed by atoms with van der Waals surface area (Å²) in [7, 11) is -3.34. The normalized spacial score (nSPS) is 11.1. The summed E-state index contributed by atoms with van der Waals surface area (Å²) in [5.74, 6) is 0.285. The van der Waals surface area contributed by atoms with Crippen molar-refractivity contribution >= 4 is 7.82 Å². The molecule has 0 fully saturated rings. The van der Waals surface area contributed by atoms with Gasteiger partial charge in [0.15, 0.2) is 0 Å². The Hall–Kier alpha value is -0.670. The minimum atomic E-state index is -4.64. The molecule has 0 amide bonds. The van der Waals surface area contributed by atoms with Crippen LogP contribution in [0, 0.1) is 0 Å². The second kappa shape index (κ2) is 25.6. The van der Waals surface area contributed by atoms with Gasteiger partial charge in [-0.05, 0) is 31.6 Å². The van der Waals surface area contributed by atoms with Crippen LogP contribution in [0.4, 0.5) is 0 Å². The van der Waals surface area contributed by atoms with E-state index >= 15 is 0 Å². The number of rotatable bonds is 22. The third kappa shape index (κ3) is 40.2. The maximum atomic E-state index is 8.88. The largest absolute Gasteiger partial charge is 0.466 e. The lowest BCUT2D eigenvalue weighted by atomic mass is 10.1. The Morgan fingerprint density at radius 3 is 1.68 bits per heavy atom. The van der Waals surface area contributed by atoms with Gasteiger partial charge in [-0.1, -0.05) is 71.3 Å². The third-order valence-corrected chi connectivity index (χ3v) is 3.44. The van der Waals surface area contributed by atoms with Gasteiger partial charge in [0.25, 0.3) is 0 Å². The zero-order valence-electron chi connectivity index (χ0n) is 18.3. The van der Waals surface area contributed by atoms with Crippen molar-refractivity contribution in [3.05, 3.63) is 12.3 Å². The fourth-order valence-corrected chi connectivity index (χ4v) is 2.06. The maximum Gasteiger partial charge on any atom is 0.466 e.